The highest BCUT2D eigenvalue weighted by atomic mass is 19.4. The van der Waals surface area contributed by atoms with Gasteiger partial charge in [0.2, 0.25) is 0 Å². The average Bonchev–Trinajstić information content (AvgIpc) is 2.63. The van der Waals surface area contributed by atoms with E-state index in [1.807, 2.05) is 0 Å². The molecular formula is C19H14F4N4O. The number of rotatable bonds is 4. The minimum absolute atomic E-state index is 0.0281. The SMILES string of the molecule is Cc1nc(Nc2ccccc2F)cc(C(=O)Nc2cccc(C(F)(F)F)c2)n1. The van der Waals surface area contributed by atoms with E-state index in [0.717, 1.165) is 12.1 Å². The molecule has 1 heterocycles. The molecule has 28 heavy (non-hydrogen) atoms. The Morgan fingerprint density at radius 3 is 2.46 bits per heavy atom. The van der Waals surface area contributed by atoms with Crippen LogP contribution in [-0.4, -0.2) is 15.9 Å². The van der Waals surface area contributed by atoms with E-state index in [2.05, 4.69) is 20.6 Å². The molecule has 0 atom stereocenters. The standard InChI is InChI=1S/C19H14F4N4O/c1-11-24-16(10-17(25-11)27-15-8-3-2-7-14(15)20)18(28)26-13-6-4-5-12(9-13)19(21,22)23/h2-10H,1H3,(H,26,28)(H,24,25,27). The van der Waals surface area contributed by atoms with Crippen molar-refractivity contribution in [1.82, 2.24) is 9.97 Å². The smallest absolute Gasteiger partial charge is 0.338 e. The Labute approximate surface area is 157 Å². The van der Waals surface area contributed by atoms with Gasteiger partial charge in [-0.25, -0.2) is 14.4 Å². The maximum atomic E-state index is 13.8. The summed E-state index contributed by atoms with van der Waals surface area (Å²) >= 11 is 0. The minimum atomic E-state index is -4.52. The van der Waals surface area contributed by atoms with Gasteiger partial charge in [0.1, 0.15) is 23.2 Å². The number of amides is 1. The molecule has 0 aliphatic rings. The van der Waals surface area contributed by atoms with Gasteiger partial charge in [-0.3, -0.25) is 4.79 Å². The third-order valence-electron chi connectivity index (χ3n) is 3.65. The summed E-state index contributed by atoms with van der Waals surface area (Å²) in [5.41, 5.74) is -0.834. The van der Waals surface area contributed by atoms with Crippen LogP contribution >= 0.6 is 0 Å². The Balaban J connectivity index is 1.83. The number of anilines is 3. The predicted molar refractivity (Wildman–Crippen MR) is 95.8 cm³/mol. The van der Waals surface area contributed by atoms with Crippen molar-refractivity contribution in [3.05, 3.63) is 77.5 Å². The number of hydrogen-bond donors (Lipinski definition) is 2. The number of alkyl halides is 3. The highest BCUT2D eigenvalue weighted by molar-refractivity contribution is 6.03. The van der Waals surface area contributed by atoms with Gasteiger partial charge in [-0.15, -0.1) is 0 Å². The zero-order chi connectivity index (χ0) is 20.3. The molecule has 2 N–H and O–H groups in total. The second-order valence-electron chi connectivity index (χ2n) is 5.82. The maximum Gasteiger partial charge on any atom is 0.416 e. The minimum Gasteiger partial charge on any atom is -0.338 e. The lowest BCUT2D eigenvalue weighted by Crippen LogP contribution is -2.16. The monoisotopic (exact) mass is 390 g/mol. The van der Waals surface area contributed by atoms with Crippen LogP contribution in [0.5, 0.6) is 0 Å². The number of hydrogen-bond acceptors (Lipinski definition) is 4. The fourth-order valence-electron chi connectivity index (χ4n) is 2.42. The van der Waals surface area contributed by atoms with Gasteiger partial charge >= 0.3 is 6.18 Å². The summed E-state index contributed by atoms with van der Waals surface area (Å²) < 4.78 is 52.2. The highest BCUT2D eigenvalue weighted by Crippen LogP contribution is 2.30. The van der Waals surface area contributed by atoms with Crippen molar-refractivity contribution in [2.45, 2.75) is 13.1 Å². The first-order valence-corrected chi connectivity index (χ1v) is 8.08. The van der Waals surface area contributed by atoms with Crippen LogP contribution in [0.2, 0.25) is 0 Å². The van der Waals surface area contributed by atoms with Crippen LogP contribution in [0.25, 0.3) is 0 Å². The highest BCUT2D eigenvalue weighted by Gasteiger charge is 2.30. The van der Waals surface area contributed by atoms with Crippen molar-refractivity contribution < 1.29 is 22.4 Å². The van der Waals surface area contributed by atoms with Gasteiger partial charge in [-0.1, -0.05) is 18.2 Å². The number of aromatic nitrogens is 2. The summed E-state index contributed by atoms with van der Waals surface area (Å²) in [5.74, 6) is -0.822. The molecule has 0 fully saturated rings. The Morgan fingerprint density at radius 1 is 1.00 bits per heavy atom. The Hall–Kier alpha value is -3.49. The van der Waals surface area contributed by atoms with Crippen LogP contribution < -0.4 is 10.6 Å². The molecule has 5 nitrogen and oxygen atoms in total. The summed E-state index contributed by atoms with van der Waals surface area (Å²) in [4.78, 5) is 20.5. The molecule has 0 unspecified atom stereocenters. The van der Waals surface area contributed by atoms with Crippen LogP contribution in [0.1, 0.15) is 21.9 Å². The van der Waals surface area contributed by atoms with Crippen molar-refractivity contribution in [3.8, 4) is 0 Å². The van der Waals surface area contributed by atoms with Gasteiger partial charge in [0.25, 0.3) is 5.91 Å². The lowest BCUT2D eigenvalue weighted by Gasteiger charge is -2.11. The van der Waals surface area contributed by atoms with E-state index in [1.54, 1.807) is 6.07 Å². The van der Waals surface area contributed by atoms with Gasteiger partial charge in [-0.2, -0.15) is 13.2 Å². The van der Waals surface area contributed by atoms with E-state index in [9.17, 15) is 22.4 Å². The fraction of sp³-hybridized carbons (Fsp3) is 0.105. The van der Waals surface area contributed by atoms with Gasteiger partial charge < -0.3 is 10.6 Å². The van der Waals surface area contributed by atoms with Gasteiger partial charge in [-0.05, 0) is 37.3 Å². The third kappa shape index (κ3) is 4.61. The number of para-hydroxylation sites is 1. The zero-order valence-corrected chi connectivity index (χ0v) is 14.5. The number of nitrogens with zero attached hydrogens (tertiary/aromatic N) is 2. The van der Waals surface area contributed by atoms with E-state index < -0.39 is 23.5 Å². The number of carbonyl (C=O) groups is 1. The lowest BCUT2D eigenvalue weighted by molar-refractivity contribution is -0.137. The van der Waals surface area contributed by atoms with E-state index >= 15 is 0 Å². The molecule has 1 aromatic heterocycles. The summed E-state index contributed by atoms with van der Waals surface area (Å²) in [7, 11) is 0. The molecule has 144 valence electrons. The van der Waals surface area contributed by atoms with Crippen molar-refractivity contribution in [3.63, 3.8) is 0 Å². The normalized spacial score (nSPS) is 11.2. The second kappa shape index (κ2) is 7.63. The molecule has 3 aromatic rings. The molecule has 0 aliphatic heterocycles. The molecule has 0 radical (unpaired) electrons. The predicted octanol–water partition coefficient (Wildman–Crippen LogP) is 4.94. The Morgan fingerprint density at radius 2 is 1.75 bits per heavy atom. The summed E-state index contributed by atoms with van der Waals surface area (Å²) in [6, 6.07) is 11.4. The fourth-order valence-corrected chi connectivity index (χ4v) is 2.42. The Bertz CT molecular complexity index is 1020. The molecule has 3 rings (SSSR count). The van der Waals surface area contributed by atoms with E-state index in [0.29, 0.717) is 0 Å². The average molecular weight is 390 g/mol. The quantitative estimate of drug-likeness (QED) is 0.620. The Kier molecular flexibility index (Phi) is 5.25. The van der Waals surface area contributed by atoms with Crippen LogP contribution in [0.3, 0.4) is 0 Å². The van der Waals surface area contributed by atoms with Gasteiger partial charge in [0.15, 0.2) is 0 Å². The topological polar surface area (TPSA) is 66.9 Å². The van der Waals surface area contributed by atoms with Crippen LogP contribution in [0.4, 0.5) is 34.8 Å². The molecule has 0 aliphatic carbocycles. The first-order valence-electron chi connectivity index (χ1n) is 8.08. The number of aryl methyl sites for hydroxylation is 1. The molecule has 2 aromatic carbocycles. The third-order valence-corrected chi connectivity index (χ3v) is 3.65. The van der Waals surface area contributed by atoms with Gasteiger partial charge in [0.05, 0.1) is 11.3 Å². The van der Waals surface area contributed by atoms with E-state index in [1.165, 1.54) is 43.3 Å². The molecule has 0 bridgehead atoms. The van der Waals surface area contributed by atoms with Crippen molar-refractivity contribution in [2.24, 2.45) is 0 Å². The molecular weight excluding hydrogens is 376 g/mol. The van der Waals surface area contributed by atoms with E-state index in [4.69, 9.17) is 0 Å². The summed E-state index contributed by atoms with van der Waals surface area (Å²) in [6.07, 6.45) is -4.52. The lowest BCUT2D eigenvalue weighted by atomic mass is 10.2. The summed E-state index contributed by atoms with van der Waals surface area (Å²) in [5, 5.41) is 5.12. The molecule has 1 amide bonds. The van der Waals surface area contributed by atoms with Crippen LogP contribution in [0.15, 0.2) is 54.6 Å². The van der Waals surface area contributed by atoms with Crippen LogP contribution in [-0.2, 0) is 6.18 Å². The van der Waals surface area contributed by atoms with Crippen molar-refractivity contribution >= 4 is 23.1 Å². The number of benzene rings is 2. The largest absolute Gasteiger partial charge is 0.416 e. The second-order valence-corrected chi connectivity index (χ2v) is 5.82. The number of nitrogens with one attached hydrogen (secondary N) is 2. The first-order chi connectivity index (χ1) is 13.2. The molecule has 0 spiro atoms. The summed E-state index contributed by atoms with van der Waals surface area (Å²) in [6.45, 7) is 1.54. The molecule has 0 saturated heterocycles. The van der Waals surface area contributed by atoms with Crippen LogP contribution in [0, 0.1) is 12.7 Å². The zero-order valence-electron chi connectivity index (χ0n) is 14.5. The van der Waals surface area contributed by atoms with Gasteiger partial charge in [0, 0.05) is 11.8 Å². The first kappa shape index (κ1) is 19.3. The van der Waals surface area contributed by atoms with Crippen molar-refractivity contribution in [2.75, 3.05) is 10.6 Å². The maximum absolute atomic E-state index is 13.8. The number of halogens is 4. The number of carbonyl (C=O) groups excluding carboxylic acids is 1. The van der Waals surface area contributed by atoms with E-state index in [-0.39, 0.29) is 28.7 Å². The molecule has 0 saturated carbocycles. The molecule has 9 heteroatoms. The van der Waals surface area contributed by atoms with Crippen molar-refractivity contribution in [1.29, 1.82) is 0 Å².